The highest BCUT2D eigenvalue weighted by molar-refractivity contribution is 5.68. The first-order chi connectivity index (χ1) is 7.68. The van der Waals surface area contributed by atoms with E-state index in [9.17, 15) is 9.59 Å². The number of nitrogens with zero attached hydrogens (tertiary/aromatic N) is 1. The third-order valence-corrected chi connectivity index (χ3v) is 2.23. The number of aromatic nitrogens is 2. The van der Waals surface area contributed by atoms with Gasteiger partial charge in [0.25, 0.3) is 0 Å². The molecule has 0 saturated carbocycles. The molecule has 0 unspecified atom stereocenters. The molecule has 0 fully saturated rings. The zero-order valence-corrected chi connectivity index (χ0v) is 8.38. The average Bonchev–Trinajstić information content (AvgIpc) is 2.61. The summed E-state index contributed by atoms with van der Waals surface area (Å²) in [6.45, 7) is -0.341. The maximum Gasteiger partial charge on any atom is 0.326 e. The van der Waals surface area contributed by atoms with Gasteiger partial charge in [0.1, 0.15) is 6.54 Å². The van der Waals surface area contributed by atoms with Gasteiger partial charge in [-0.2, -0.15) is 0 Å². The second-order valence-electron chi connectivity index (χ2n) is 3.32. The lowest BCUT2D eigenvalue weighted by molar-refractivity contribution is -0.137. The van der Waals surface area contributed by atoms with Gasteiger partial charge >= 0.3 is 11.7 Å². The van der Waals surface area contributed by atoms with Gasteiger partial charge in [0.2, 0.25) is 0 Å². The van der Waals surface area contributed by atoms with Crippen LogP contribution >= 0.6 is 0 Å². The number of aliphatic carboxylic acids is 1. The lowest BCUT2D eigenvalue weighted by atomic mass is 10.2. The maximum absolute atomic E-state index is 11.4. The molecule has 1 aromatic carbocycles. The lowest BCUT2D eigenvalue weighted by Gasteiger charge is -2.03. The number of hydrogen-bond acceptors (Lipinski definition) is 2. The van der Waals surface area contributed by atoms with Crippen molar-refractivity contribution >= 4 is 5.97 Å². The smallest absolute Gasteiger partial charge is 0.326 e. The average molecular weight is 218 g/mol. The van der Waals surface area contributed by atoms with E-state index in [0.717, 1.165) is 5.56 Å². The number of carboxylic acids is 1. The summed E-state index contributed by atoms with van der Waals surface area (Å²) in [5.41, 5.74) is 0.969. The molecule has 0 aliphatic heterocycles. The number of imidazole rings is 1. The third kappa shape index (κ3) is 1.88. The Bertz CT molecular complexity index is 554. The molecule has 0 aliphatic rings. The van der Waals surface area contributed by atoms with Crippen molar-refractivity contribution in [2.75, 3.05) is 0 Å². The highest BCUT2D eigenvalue weighted by Gasteiger charge is 2.10. The fourth-order valence-electron chi connectivity index (χ4n) is 1.54. The van der Waals surface area contributed by atoms with E-state index in [0.29, 0.717) is 5.69 Å². The summed E-state index contributed by atoms with van der Waals surface area (Å²) in [7, 11) is 0. The third-order valence-electron chi connectivity index (χ3n) is 2.23. The van der Waals surface area contributed by atoms with Crippen molar-refractivity contribution in [3.8, 4) is 11.3 Å². The van der Waals surface area contributed by atoms with E-state index < -0.39 is 11.7 Å². The molecular weight excluding hydrogens is 208 g/mol. The molecule has 0 atom stereocenters. The standard InChI is InChI=1S/C11H10N2O3/c14-10(15)7-13-9(6-12-11(13)16)8-4-2-1-3-5-8/h1-6H,7H2,(H,12,16)(H,14,15). The summed E-state index contributed by atoms with van der Waals surface area (Å²) in [6, 6.07) is 9.16. The molecule has 0 spiro atoms. The molecule has 2 aromatic rings. The van der Waals surface area contributed by atoms with E-state index in [1.54, 1.807) is 0 Å². The van der Waals surface area contributed by atoms with Crippen LogP contribution < -0.4 is 5.69 Å². The molecule has 5 nitrogen and oxygen atoms in total. The number of rotatable bonds is 3. The van der Waals surface area contributed by atoms with Crippen molar-refractivity contribution in [1.82, 2.24) is 9.55 Å². The van der Waals surface area contributed by atoms with Crippen LogP contribution in [0.2, 0.25) is 0 Å². The lowest BCUT2D eigenvalue weighted by Crippen LogP contribution is -2.22. The number of nitrogens with one attached hydrogen (secondary N) is 1. The molecule has 82 valence electrons. The molecule has 0 saturated heterocycles. The Labute approximate surface area is 91.0 Å². The molecular formula is C11H10N2O3. The van der Waals surface area contributed by atoms with Crippen LogP contribution in [0.4, 0.5) is 0 Å². The van der Waals surface area contributed by atoms with Crippen molar-refractivity contribution in [3.05, 3.63) is 47.0 Å². The van der Waals surface area contributed by atoms with Crippen LogP contribution in [0.3, 0.4) is 0 Å². The second-order valence-corrected chi connectivity index (χ2v) is 3.32. The number of hydrogen-bond donors (Lipinski definition) is 2. The fourth-order valence-corrected chi connectivity index (χ4v) is 1.54. The predicted molar refractivity (Wildman–Crippen MR) is 58.1 cm³/mol. The van der Waals surface area contributed by atoms with Crippen LogP contribution in [0.25, 0.3) is 11.3 Å². The maximum atomic E-state index is 11.4. The van der Waals surface area contributed by atoms with Crippen molar-refractivity contribution in [2.45, 2.75) is 6.54 Å². The van der Waals surface area contributed by atoms with Crippen molar-refractivity contribution in [2.24, 2.45) is 0 Å². The monoisotopic (exact) mass is 218 g/mol. The Morgan fingerprint density at radius 2 is 2.00 bits per heavy atom. The minimum Gasteiger partial charge on any atom is -0.480 e. The van der Waals surface area contributed by atoms with Crippen LogP contribution in [0.5, 0.6) is 0 Å². The summed E-state index contributed by atoms with van der Waals surface area (Å²) in [5, 5.41) is 8.71. The van der Waals surface area contributed by atoms with Gasteiger partial charge in [-0.15, -0.1) is 0 Å². The second kappa shape index (κ2) is 4.06. The Morgan fingerprint density at radius 1 is 1.31 bits per heavy atom. The van der Waals surface area contributed by atoms with Crippen molar-refractivity contribution in [3.63, 3.8) is 0 Å². The Morgan fingerprint density at radius 3 is 2.62 bits per heavy atom. The molecule has 0 bridgehead atoms. The number of carboxylic acid groups (broad SMARTS) is 1. The molecule has 1 heterocycles. The zero-order valence-electron chi connectivity index (χ0n) is 8.38. The molecule has 5 heteroatoms. The Kier molecular flexibility index (Phi) is 2.59. The topological polar surface area (TPSA) is 75.1 Å². The largest absolute Gasteiger partial charge is 0.480 e. The van der Waals surface area contributed by atoms with E-state index in [1.807, 2.05) is 30.3 Å². The molecule has 0 aliphatic carbocycles. The van der Waals surface area contributed by atoms with Gasteiger partial charge in [-0.1, -0.05) is 30.3 Å². The van der Waals surface area contributed by atoms with E-state index >= 15 is 0 Å². The molecule has 16 heavy (non-hydrogen) atoms. The van der Waals surface area contributed by atoms with Crippen LogP contribution in [0.15, 0.2) is 41.3 Å². The SMILES string of the molecule is O=C(O)Cn1c(-c2ccccc2)c[nH]c1=O. The highest BCUT2D eigenvalue weighted by Crippen LogP contribution is 2.16. The predicted octanol–water partition coefficient (Wildman–Crippen LogP) is 0.928. The molecule has 2 rings (SSSR count). The summed E-state index contributed by atoms with van der Waals surface area (Å²) in [4.78, 5) is 24.5. The Balaban J connectivity index is 2.50. The summed E-state index contributed by atoms with van der Waals surface area (Å²) >= 11 is 0. The molecule has 0 radical (unpaired) electrons. The molecule has 1 aromatic heterocycles. The minimum absolute atomic E-state index is 0.341. The summed E-state index contributed by atoms with van der Waals surface area (Å²) in [6.07, 6.45) is 1.51. The summed E-state index contributed by atoms with van der Waals surface area (Å²) < 4.78 is 1.19. The van der Waals surface area contributed by atoms with Crippen molar-refractivity contribution in [1.29, 1.82) is 0 Å². The van der Waals surface area contributed by atoms with Crippen LogP contribution in [-0.4, -0.2) is 20.6 Å². The van der Waals surface area contributed by atoms with Crippen molar-refractivity contribution < 1.29 is 9.90 Å². The highest BCUT2D eigenvalue weighted by atomic mass is 16.4. The van der Waals surface area contributed by atoms with Gasteiger partial charge in [-0.05, 0) is 5.56 Å². The van der Waals surface area contributed by atoms with Gasteiger partial charge in [-0.25, -0.2) is 4.79 Å². The first-order valence-electron chi connectivity index (χ1n) is 4.74. The van der Waals surface area contributed by atoms with E-state index in [4.69, 9.17) is 5.11 Å². The normalized spacial score (nSPS) is 10.2. The number of H-pyrrole nitrogens is 1. The number of carbonyl (C=O) groups is 1. The van der Waals surface area contributed by atoms with Gasteiger partial charge in [0.15, 0.2) is 0 Å². The fraction of sp³-hybridized carbons (Fsp3) is 0.0909. The van der Waals surface area contributed by atoms with Crippen LogP contribution in [-0.2, 0) is 11.3 Å². The zero-order chi connectivity index (χ0) is 11.5. The van der Waals surface area contributed by atoms with Gasteiger partial charge < -0.3 is 10.1 Å². The quantitative estimate of drug-likeness (QED) is 0.804. The van der Waals surface area contributed by atoms with Gasteiger partial charge in [0.05, 0.1) is 5.69 Å². The van der Waals surface area contributed by atoms with Gasteiger partial charge in [0, 0.05) is 6.20 Å². The van der Waals surface area contributed by atoms with E-state index in [1.165, 1.54) is 10.8 Å². The first-order valence-corrected chi connectivity index (χ1v) is 4.74. The Hall–Kier alpha value is -2.30. The molecule has 2 N–H and O–H groups in total. The number of aromatic amines is 1. The van der Waals surface area contributed by atoms with E-state index in [-0.39, 0.29) is 6.54 Å². The number of benzene rings is 1. The van der Waals surface area contributed by atoms with E-state index in [2.05, 4.69) is 4.98 Å². The summed E-state index contributed by atoms with van der Waals surface area (Å²) in [5.74, 6) is -1.04. The van der Waals surface area contributed by atoms with Gasteiger partial charge in [-0.3, -0.25) is 9.36 Å². The van der Waals surface area contributed by atoms with Crippen LogP contribution in [0, 0.1) is 0 Å². The van der Waals surface area contributed by atoms with Crippen LogP contribution in [0.1, 0.15) is 0 Å². The minimum atomic E-state index is -1.04. The molecule has 0 amide bonds. The first kappa shape index (κ1) is 10.2.